The molecule has 4 rings (SSSR count). The first kappa shape index (κ1) is 12.4. The zero-order valence-electron chi connectivity index (χ0n) is 11.4. The van der Waals surface area contributed by atoms with E-state index in [1.54, 1.807) is 0 Å². The van der Waals surface area contributed by atoms with E-state index >= 15 is 0 Å². The van der Waals surface area contributed by atoms with Crippen molar-refractivity contribution >= 4 is 11.6 Å². The summed E-state index contributed by atoms with van der Waals surface area (Å²) < 4.78 is 0. The molecule has 0 saturated carbocycles. The molecule has 2 aromatic carbocycles. The molecular formula is C18H18ClN. The molecule has 0 saturated heterocycles. The second kappa shape index (κ2) is 4.91. The highest BCUT2D eigenvalue weighted by atomic mass is 35.5. The second-order valence-corrected chi connectivity index (χ2v) is 6.41. The van der Waals surface area contributed by atoms with Crippen LogP contribution in [0.1, 0.15) is 34.7 Å². The van der Waals surface area contributed by atoms with Crippen molar-refractivity contribution in [2.45, 2.75) is 37.8 Å². The fourth-order valence-electron chi connectivity index (χ4n) is 3.72. The Morgan fingerprint density at radius 2 is 1.70 bits per heavy atom. The van der Waals surface area contributed by atoms with E-state index in [0.29, 0.717) is 12.1 Å². The topological polar surface area (TPSA) is 12.0 Å². The van der Waals surface area contributed by atoms with Crippen LogP contribution in [0.4, 0.5) is 0 Å². The molecule has 0 fully saturated rings. The number of hydrogen-bond acceptors (Lipinski definition) is 1. The third-order valence-corrected chi connectivity index (χ3v) is 4.91. The summed E-state index contributed by atoms with van der Waals surface area (Å²) in [6, 6.07) is 16.2. The minimum Gasteiger partial charge on any atom is -0.306 e. The molecule has 2 heteroatoms. The van der Waals surface area contributed by atoms with Crippen LogP contribution in [0, 0.1) is 0 Å². The fraction of sp³-hybridized carbons (Fsp3) is 0.333. The number of fused-ring (bicyclic) bond motifs is 2. The third-order valence-electron chi connectivity index (χ3n) is 4.67. The quantitative estimate of drug-likeness (QED) is 0.875. The van der Waals surface area contributed by atoms with Crippen molar-refractivity contribution in [3.8, 4) is 0 Å². The van der Waals surface area contributed by atoms with Gasteiger partial charge < -0.3 is 5.32 Å². The molecule has 102 valence electrons. The molecule has 1 nitrogen and oxygen atoms in total. The lowest BCUT2D eigenvalue weighted by Gasteiger charge is -2.19. The van der Waals surface area contributed by atoms with Gasteiger partial charge in [-0.15, -0.1) is 0 Å². The summed E-state index contributed by atoms with van der Waals surface area (Å²) >= 11 is 6.08. The van der Waals surface area contributed by atoms with Gasteiger partial charge in [0.25, 0.3) is 0 Å². The predicted molar refractivity (Wildman–Crippen MR) is 83.3 cm³/mol. The number of benzene rings is 2. The van der Waals surface area contributed by atoms with Crippen LogP contribution in [0.3, 0.4) is 0 Å². The van der Waals surface area contributed by atoms with Crippen molar-refractivity contribution in [3.63, 3.8) is 0 Å². The number of rotatable bonds is 2. The molecule has 2 aliphatic rings. The minimum atomic E-state index is 0.501. The van der Waals surface area contributed by atoms with E-state index in [0.717, 1.165) is 24.3 Å². The molecule has 0 radical (unpaired) electrons. The fourth-order valence-corrected chi connectivity index (χ4v) is 3.92. The Labute approximate surface area is 125 Å². The van der Waals surface area contributed by atoms with E-state index in [1.807, 2.05) is 6.07 Å². The largest absolute Gasteiger partial charge is 0.306 e. The van der Waals surface area contributed by atoms with E-state index in [1.165, 1.54) is 28.7 Å². The van der Waals surface area contributed by atoms with Gasteiger partial charge in [-0.3, -0.25) is 0 Å². The van der Waals surface area contributed by atoms with Gasteiger partial charge in [0.15, 0.2) is 0 Å². The maximum Gasteiger partial charge on any atom is 0.0408 e. The van der Waals surface area contributed by atoms with Gasteiger partial charge in [-0.25, -0.2) is 0 Å². The molecule has 1 atom stereocenters. The van der Waals surface area contributed by atoms with Crippen LogP contribution in [0.25, 0.3) is 0 Å². The van der Waals surface area contributed by atoms with Crippen molar-refractivity contribution in [3.05, 3.63) is 69.7 Å². The van der Waals surface area contributed by atoms with Gasteiger partial charge in [-0.2, -0.15) is 0 Å². The molecule has 0 aromatic heterocycles. The molecule has 20 heavy (non-hydrogen) atoms. The molecular weight excluding hydrogens is 266 g/mol. The number of halogens is 1. The number of hydrogen-bond donors (Lipinski definition) is 1. The Kier molecular flexibility index (Phi) is 3.05. The average Bonchev–Trinajstić information content (AvgIpc) is 3.02. The number of aryl methyl sites for hydroxylation is 1. The maximum atomic E-state index is 6.08. The molecule has 0 heterocycles. The van der Waals surface area contributed by atoms with Crippen LogP contribution in [-0.4, -0.2) is 6.04 Å². The zero-order chi connectivity index (χ0) is 13.5. The van der Waals surface area contributed by atoms with E-state index in [9.17, 15) is 0 Å². The highest BCUT2D eigenvalue weighted by Gasteiger charge is 2.27. The Morgan fingerprint density at radius 3 is 2.45 bits per heavy atom. The first-order valence-corrected chi connectivity index (χ1v) is 7.78. The predicted octanol–water partition coefficient (Wildman–Crippen LogP) is 4.08. The Hall–Kier alpha value is -1.31. The van der Waals surface area contributed by atoms with Crippen LogP contribution >= 0.6 is 11.6 Å². The van der Waals surface area contributed by atoms with Crippen molar-refractivity contribution in [2.24, 2.45) is 0 Å². The lowest BCUT2D eigenvalue weighted by Crippen LogP contribution is -2.32. The first-order valence-electron chi connectivity index (χ1n) is 7.41. The molecule has 0 bridgehead atoms. The summed E-state index contributed by atoms with van der Waals surface area (Å²) in [5, 5.41) is 4.72. The van der Waals surface area contributed by atoms with Gasteiger partial charge in [0.1, 0.15) is 0 Å². The number of nitrogens with one attached hydrogen (secondary N) is 1. The van der Waals surface area contributed by atoms with Crippen LogP contribution in [0.15, 0.2) is 42.5 Å². The lowest BCUT2D eigenvalue weighted by molar-refractivity contribution is 0.443. The molecule has 2 aromatic rings. The molecule has 0 spiro atoms. The van der Waals surface area contributed by atoms with Gasteiger partial charge in [-0.1, -0.05) is 41.9 Å². The van der Waals surface area contributed by atoms with Gasteiger partial charge in [0.05, 0.1) is 0 Å². The van der Waals surface area contributed by atoms with E-state index in [-0.39, 0.29) is 0 Å². The summed E-state index contributed by atoms with van der Waals surface area (Å²) in [7, 11) is 0. The summed E-state index contributed by atoms with van der Waals surface area (Å²) in [4.78, 5) is 0. The van der Waals surface area contributed by atoms with Crippen molar-refractivity contribution in [1.82, 2.24) is 5.32 Å². The molecule has 0 aliphatic heterocycles. The van der Waals surface area contributed by atoms with Gasteiger partial charge in [0, 0.05) is 17.1 Å². The molecule has 1 unspecified atom stereocenters. The van der Waals surface area contributed by atoms with E-state index in [2.05, 4.69) is 41.7 Å². The van der Waals surface area contributed by atoms with Crippen LogP contribution in [0.5, 0.6) is 0 Å². The highest BCUT2D eigenvalue weighted by Crippen LogP contribution is 2.34. The maximum absolute atomic E-state index is 6.08. The van der Waals surface area contributed by atoms with E-state index in [4.69, 9.17) is 11.6 Å². The third kappa shape index (κ3) is 2.15. The average molecular weight is 284 g/mol. The summed E-state index contributed by atoms with van der Waals surface area (Å²) in [5.74, 6) is 0. The Morgan fingerprint density at radius 1 is 0.950 bits per heavy atom. The second-order valence-electron chi connectivity index (χ2n) is 5.97. The van der Waals surface area contributed by atoms with E-state index < -0.39 is 0 Å². The standard InChI is InChI=1S/C18H18ClN/c19-15-6-7-17-14(9-15)5-8-18(17)20-16-10-12-3-1-2-4-13(12)11-16/h1-4,6-7,9,16,18,20H,5,8,10-11H2. The normalized spacial score (nSPS) is 20.9. The molecule has 0 amide bonds. The van der Waals surface area contributed by atoms with Gasteiger partial charge >= 0.3 is 0 Å². The summed E-state index contributed by atoms with van der Waals surface area (Å²) in [6.07, 6.45) is 4.67. The van der Waals surface area contributed by atoms with Crippen molar-refractivity contribution in [2.75, 3.05) is 0 Å². The molecule has 1 N–H and O–H groups in total. The Bertz CT molecular complexity index is 625. The monoisotopic (exact) mass is 283 g/mol. The lowest BCUT2D eigenvalue weighted by atomic mass is 10.1. The molecule has 2 aliphatic carbocycles. The van der Waals surface area contributed by atoms with Gasteiger partial charge in [0.2, 0.25) is 0 Å². The van der Waals surface area contributed by atoms with Crippen molar-refractivity contribution in [1.29, 1.82) is 0 Å². The van der Waals surface area contributed by atoms with Gasteiger partial charge in [-0.05, 0) is 60.1 Å². The summed E-state index contributed by atoms with van der Waals surface area (Å²) in [5.41, 5.74) is 5.90. The van der Waals surface area contributed by atoms with Crippen molar-refractivity contribution < 1.29 is 0 Å². The zero-order valence-corrected chi connectivity index (χ0v) is 12.2. The SMILES string of the molecule is Clc1ccc2c(c1)CCC2NC1Cc2ccccc2C1. The van der Waals surface area contributed by atoms with Crippen LogP contribution in [0.2, 0.25) is 5.02 Å². The van der Waals surface area contributed by atoms with Crippen LogP contribution < -0.4 is 5.32 Å². The smallest absolute Gasteiger partial charge is 0.0408 e. The minimum absolute atomic E-state index is 0.501. The Balaban J connectivity index is 1.50. The highest BCUT2D eigenvalue weighted by molar-refractivity contribution is 6.30. The summed E-state index contributed by atoms with van der Waals surface area (Å²) in [6.45, 7) is 0. The van der Waals surface area contributed by atoms with Crippen LogP contribution in [-0.2, 0) is 19.3 Å². The first-order chi connectivity index (χ1) is 9.79.